The molecule has 0 bridgehead atoms. The van der Waals surface area contributed by atoms with Crippen molar-refractivity contribution in [1.29, 1.82) is 0 Å². The average Bonchev–Trinajstić information content (AvgIpc) is 3.02. The monoisotopic (exact) mass is 263 g/mol. The maximum Gasteiger partial charge on any atom is 0.123 e. The van der Waals surface area contributed by atoms with E-state index in [9.17, 15) is 0 Å². The fourth-order valence-electron chi connectivity index (χ4n) is 3.04. The second-order valence-electron chi connectivity index (χ2n) is 5.65. The van der Waals surface area contributed by atoms with E-state index in [0.717, 1.165) is 18.8 Å². The van der Waals surface area contributed by atoms with Crippen LogP contribution >= 0.6 is 0 Å². The number of H-pyrrole nitrogens is 1. The van der Waals surface area contributed by atoms with Crippen LogP contribution in [-0.4, -0.2) is 11.6 Å². The molecule has 1 aromatic heterocycles. The van der Waals surface area contributed by atoms with Crippen LogP contribution in [0.25, 0.3) is 22.2 Å². The van der Waals surface area contributed by atoms with Gasteiger partial charge < -0.3 is 9.72 Å². The van der Waals surface area contributed by atoms with Gasteiger partial charge in [0, 0.05) is 28.6 Å². The van der Waals surface area contributed by atoms with E-state index in [-0.39, 0.29) is 0 Å². The molecule has 20 heavy (non-hydrogen) atoms. The first-order chi connectivity index (χ1) is 9.70. The standard InChI is InChI=1S/C18H17NO/c1-11-3-4-16-14(7-11)9-17(19-16)15-10-18-13(5-6-20-18)8-12(15)2/h3-4,7-10,19H,5-6H2,1-2H3. The fourth-order valence-corrected chi connectivity index (χ4v) is 3.04. The molecule has 0 radical (unpaired) electrons. The van der Waals surface area contributed by atoms with Gasteiger partial charge in [0.25, 0.3) is 0 Å². The minimum absolute atomic E-state index is 0.810. The van der Waals surface area contributed by atoms with Crippen molar-refractivity contribution in [2.45, 2.75) is 20.3 Å². The Morgan fingerprint density at radius 2 is 1.95 bits per heavy atom. The van der Waals surface area contributed by atoms with E-state index in [4.69, 9.17) is 4.74 Å². The first-order valence-electron chi connectivity index (χ1n) is 7.07. The van der Waals surface area contributed by atoms with Crippen LogP contribution in [0.3, 0.4) is 0 Å². The van der Waals surface area contributed by atoms with Gasteiger partial charge in [0.2, 0.25) is 0 Å². The van der Waals surface area contributed by atoms with Crippen LogP contribution in [0.4, 0.5) is 0 Å². The molecule has 0 saturated heterocycles. The number of nitrogens with one attached hydrogen (secondary N) is 1. The molecule has 2 heteroatoms. The summed E-state index contributed by atoms with van der Waals surface area (Å²) in [5.74, 6) is 1.04. The molecule has 0 spiro atoms. The van der Waals surface area contributed by atoms with Gasteiger partial charge in [0.1, 0.15) is 5.75 Å². The van der Waals surface area contributed by atoms with Gasteiger partial charge in [0.05, 0.1) is 6.61 Å². The Balaban J connectivity index is 1.90. The Labute approximate surface area is 118 Å². The highest BCUT2D eigenvalue weighted by atomic mass is 16.5. The Bertz CT molecular complexity index is 814. The van der Waals surface area contributed by atoms with Crippen molar-refractivity contribution in [1.82, 2.24) is 4.98 Å². The molecule has 0 atom stereocenters. The van der Waals surface area contributed by atoms with Gasteiger partial charge in [0.15, 0.2) is 0 Å². The Hall–Kier alpha value is -2.22. The third kappa shape index (κ3) is 1.72. The lowest BCUT2D eigenvalue weighted by Gasteiger charge is -2.07. The van der Waals surface area contributed by atoms with Gasteiger partial charge in [-0.05, 0) is 49.2 Å². The van der Waals surface area contributed by atoms with Gasteiger partial charge >= 0.3 is 0 Å². The minimum atomic E-state index is 0.810. The number of rotatable bonds is 1. The van der Waals surface area contributed by atoms with Crippen LogP contribution in [-0.2, 0) is 6.42 Å². The van der Waals surface area contributed by atoms with E-state index in [1.165, 1.54) is 38.9 Å². The summed E-state index contributed by atoms with van der Waals surface area (Å²) < 4.78 is 5.69. The molecule has 100 valence electrons. The molecule has 2 heterocycles. The molecule has 0 amide bonds. The SMILES string of the molecule is Cc1ccc2[nH]c(-c3cc4c(cc3C)CCO4)cc2c1. The van der Waals surface area contributed by atoms with Crippen molar-refractivity contribution in [2.24, 2.45) is 0 Å². The molecule has 4 rings (SSSR count). The number of benzene rings is 2. The van der Waals surface area contributed by atoms with Gasteiger partial charge in [-0.2, -0.15) is 0 Å². The van der Waals surface area contributed by atoms with Gasteiger partial charge in [-0.25, -0.2) is 0 Å². The average molecular weight is 263 g/mol. The topological polar surface area (TPSA) is 25.0 Å². The molecule has 3 aromatic rings. The lowest BCUT2D eigenvalue weighted by molar-refractivity contribution is 0.357. The summed E-state index contributed by atoms with van der Waals surface area (Å²) in [5, 5.41) is 1.26. The highest BCUT2D eigenvalue weighted by Gasteiger charge is 2.16. The number of aromatic amines is 1. The maximum absolute atomic E-state index is 5.69. The zero-order valence-corrected chi connectivity index (χ0v) is 11.8. The van der Waals surface area contributed by atoms with E-state index in [2.05, 4.69) is 55.2 Å². The summed E-state index contributed by atoms with van der Waals surface area (Å²) in [6, 6.07) is 13.2. The van der Waals surface area contributed by atoms with E-state index in [0.29, 0.717) is 0 Å². The Morgan fingerprint density at radius 1 is 1.05 bits per heavy atom. The summed E-state index contributed by atoms with van der Waals surface area (Å²) in [5.41, 5.74) is 7.51. The molecule has 0 saturated carbocycles. The number of fused-ring (bicyclic) bond motifs is 2. The number of hydrogen-bond acceptors (Lipinski definition) is 1. The zero-order chi connectivity index (χ0) is 13.7. The number of aryl methyl sites for hydroxylation is 2. The Morgan fingerprint density at radius 3 is 2.85 bits per heavy atom. The highest BCUT2D eigenvalue weighted by molar-refractivity contribution is 5.87. The van der Waals surface area contributed by atoms with Gasteiger partial charge in [-0.3, -0.25) is 0 Å². The molecular weight excluding hydrogens is 246 g/mol. The fraction of sp³-hybridized carbons (Fsp3) is 0.222. The number of ether oxygens (including phenoxy) is 1. The van der Waals surface area contributed by atoms with E-state index < -0.39 is 0 Å². The largest absolute Gasteiger partial charge is 0.493 e. The predicted molar refractivity (Wildman–Crippen MR) is 82.4 cm³/mol. The van der Waals surface area contributed by atoms with Crippen LogP contribution in [0, 0.1) is 13.8 Å². The molecular formula is C18H17NO. The van der Waals surface area contributed by atoms with Crippen molar-refractivity contribution < 1.29 is 4.74 Å². The normalized spacial score (nSPS) is 13.5. The second-order valence-corrected chi connectivity index (χ2v) is 5.65. The van der Waals surface area contributed by atoms with Crippen LogP contribution < -0.4 is 4.74 Å². The van der Waals surface area contributed by atoms with E-state index in [1.54, 1.807) is 0 Å². The van der Waals surface area contributed by atoms with Crippen molar-refractivity contribution in [3.8, 4) is 17.0 Å². The molecule has 2 nitrogen and oxygen atoms in total. The molecule has 1 aliphatic rings. The summed E-state index contributed by atoms with van der Waals surface area (Å²) in [4.78, 5) is 3.52. The smallest absolute Gasteiger partial charge is 0.123 e. The van der Waals surface area contributed by atoms with E-state index >= 15 is 0 Å². The molecule has 1 aliphatic heterocycles. The van der Waals surface area contributed by atoms with Crippen LogP contribution in [0.1, 0.15) is 16.7 Å². The zero-order valence-electron chi connectivity index (χ0n) is 11.8. The lowest BCUT2D eigenvalue weighted by Crippen LogP contribution is -1.87. The molecule has 1 N–H and O–H groups in total. The van der Waals surface area contributed by atoms with Crippen molar-refractivity contribution in [3.05, 3.63) is 53.1 Å². The van der Waals surface area contributed by atoms with Crippen LogP contribution in [0.5, 0.6) is 5.75 Å². The summed E-state index contributed by atoms with van der Waals surface area (Å²) >= 11 is 0. The molecule has 0 unspecified atom stereocenters. The number of hydrogen-bond donors (Lipinski definition) is 1. The molecule has 2 aromatic carbocycles. The first-order valence-corrected chi connectivity index (χ1v) is 7.07. The highest BCUT2D eigenvalue weighted by Crippen LogP contribution is 2.34. The van der Waals surface area contributed by atoms with Gasteiger partial charge in [-0.15, -0.1) is 0 Å². The Kier molecular flexibility index (Phi) is 2.40. The van der Waals surface area contributed by atoms with Crippen molar-refractivity contribution in [2.75, 3.05) is 6.61 Å². The number of aromatic nitrogens is 1. The third-order valence-electron chi connectivity index (χ3n) is 4.10. The summed E-state index contributed by atoms with van der Waals surface area (Å²) in [6.45, 7) is 5.11. The lowest BCUT2D eigenvalue weighted by atomic mass is 10.0. The second kappa shape index (κ2) is 4.14. The van der Waals surface area contributed by atoms with Crippen LogP contribution in [0.15, 0.2) is 36.4 Å². The van der Waals surface area contributed by atoms with Crippen molar-refractivity contribution >= 4 is 10.9 Å². The van der Waals surface area contributed by atoms with Crippen LogP contribution in [0.2, 0.25) is 0 Å². The maximum atomic E-state index is 5.69. The minimum Gasteiger partial charge on any atom is -0.493 e. The molecule has 0 aliphatic carbocycles. The first kappa shape index (κ1) is 11.6. The third-order valence-corrected chi connectivity index (χ3v) is 4.10. The quantitative estimate of drug-likeness (QED) is 0.692. The van der Waals surface area contributed by atoms with E-state index in [1.807, 2.05) is 0 Å². The predicted octanol–water partition coefficient (Wildman–Crippen LogP) is 4.39. The van der Waals surface area contributed by atoms with Crippen molar-refractivity contribution in [3.63, 3.8) is 0 Å². The van der Waals surface area contributed by atoms with Gasteiger partial charge in [-0.1, -0.05) is 17.7 Å². The summed E-state index contributed by atoms with van der Waals surface area (Å²) in [7, 11) is 0. The molecule has 0 fully saturated rings. The summed E-state index contributed by atoms with van der Waals surface area (Å²) in [6.07, 6.45) is 1.03.